The van der Waals surface area contributed by atoms with Gasteiger partial charge in [-0.2, -0.15) is 0 Å². The first-order chi connectivity index (χ1) is 12.2. The first-order valence-corrected chi connectivity index (χ1v) is 10.2. The van der Waals surface area contributed by atoms with Gasteiger partial charge in [0.05, 0.1) is 10.6 Å². The van der Waals surface area contributed by atoms with Gasteiger partial charge in [-0.3, -0.25) is 0 Å². The third-order valence-electron chi connectivity index (χ3n) is 4.10. The van der Waals surface area contributed by atoms with Gasteiger partial charge in [0.15, 0.2) is 0 Å². The largest absolute Gasteiger partial charge is 0.458 e. The van der Waals surface area contributed by atoms with Gasteiger partial charge in [-0.05, 0) is 48.4 Å². The third-order valence-corrected chi connectivity index (χ3v) is 5.60. The number of hydrogen-bond donors (Lipinski definition) is 1. The van der Waals surface area contributed by atoms with Gasteiger partial charge >= 0.3 is 5.97 Å². The second-order valence-electron chi connectivity index (χ2n) is 6.90. The van der Waals surface area contributed by atoms with Gasteiger partial charge in [0, 0.05) is 16.1 Å². The summed E-state index contributed by atoms with van der Waals surface area (Å²) < 4.78 is 5.71. The summed E-state index contributed by atoms with van der Waals surface area (Å²) in [6, 6.07) is 7.16. The number of aryl methyl sites for hydroxylation is 1. The van der Waals surface area contributed by atoms with Crippen LogP contribution in [0.2, 0.25) is 5.02 Å². The molecule has 1 N–H and O–H groups in total. The number of anilines is 1. The van der Waals surface area contributed by atoms with Crippen molar-refractivity contribution in [1.82, 2.24) is 0 Å². The van der Waals surface area contributed by atoms with Gasteiger partial charge in [0.25, 0.3) is 0 Å². The molecule has 0 unspecified atom stereocenters. The maximum absolute atomic E-state index is 12.6. The molecule has 0 atom stereocenters. The van der Waals surface area contributed by atoms with E-state index >= 15 is 0 Å². The Kier molecular flexibility index (Phi) is 7.21. The SMILES string of the molecule is Cc1sccc1C(=S)Nc1ccc(Cl)c(C(=O)OC(C(C)C)C(C)C)c1. The first-order valence-electron chi connectivity index (χ1n) is 8.56. The molecule has 0 saturated carbocycles. The zero-order valence-electron chi connectivity index (χ0n) is 15.6. The Hall–Kier alpha value is -1.43. The molecular formula is C20H24ClNO2S2. The molecule has 0 aliphatic heterocycles. The summed E-state index contributed by atoms with van der Waals surface area (Å²) in [5.41, 5.74) is 2.04. The number of hydrogen-bond acceptors (Lipinski definition) is 4. The van der Waals surface area contributed by atoms with Crippen molar-refractivity contribution < 1.29 is 9.53 Å². The zero-order chi connectivity index (χ0) is 19.4. The van der Waals surface area contributed by atoms with Gasteiger partial charge in [-0.15, -0.1) is 11.3 Å². The molecule has 0 aliphatic rings. The summed E-state index contributed by atoms with van der Waals surface area (Å²) in [5, 5.41) is 5.54. The Balaban J connectivity index is 2.20. The van der Waals surface area contributed by atoms with Crippen LogP contribution in [0.3, 0.4) is 0 Å². The molecule has 2 rings (SSSR count). The predicted octanol–water partition coefficient (Wildman–Crippen LogP) is 6.33. The van der Waals surface area contributed by atoms with Crippen LogP contribution in [-0.4, -0.2) is 17.1 Å². The molecule has 0 radical (unpaired) electrons. The lowest BCUT2D eigenvalue weighted by atomic mass is 9.96. The van der Waals surface area contributed by atoms with Gasteiger partial charge in [0.2, 0.25) is 0 Å². The number of nitrogens with one attached hydrogen (secondary N) is 1. The van der Waals surface area contributed by atoms with Crippen molar-refractivity contribution in [1.29, 1.82) is 0 Å². The molecule has 3 nitrogen and oxygen atoms in total. The minimum Gasteiger partial charge on any atom is -0.458 e. The van der Waals surface area contributed by atoms with Crippen LogP contribution in [-0.2, 0) is 4.74 Å². The Labute approximate surface area is 169 Å². The number of halogens is 1. The molecule has 0 aliphatic carbocycles. The molecule has 6 heteroatoms. The van der Waals surface area contributed by atoms with E-state index in [9.17, 15) is 4.79 Å². The topological polar surface area (TPSA) is 38.3 Å². The van der Waals surface area contributed by atoms with Crippen LogP contribution in [0.1, 0.15) is 48.5 Å². The van der Waals surface area contributed by atoms with E-state index in [1.807, 2.05) is 46.1 Å². The number of ether oxygens (including phenoxy) is 1. The Morgan fingerprint density at radius 1 is 1.15 bits per heavy atom. The number of carbonyl (C=O) groups excluding carboxylic acids is 1. The molecule has 0 spiro atoms. The quantitative estimate of drug-likeness (QED) is 0.446. The average molecular weight is 410 g/mol. The second-order valence-corrected chi connectivity index (χ2v) is 8.83. The normalized spacial score (nSPS) is 11.3. The summed E-state index contributed by atoms with van der Waals surface area (Å²) in [4.78, 5) is 14.4. The van der Waals surface area contributed by atoms with Crippen molar-refractivity contribution in [3.8, 4) is 0 Å². The van der Waals surface area contributed by atoms with E-state index < -0.39 is 5.97 Å². The highest BCUT2D eigenvalue weighted by atomic mass is 35.5. The van der Waals surface area contributed by atoms with Crippen molar-refractivity contribution in [2.75, 3.05) is 5.32 Å². The average Bonchev–Trinajstić information content (AvgIpc) is 2.99. The monoisotopic (exact) mass is 409 g/mol. The summed E-state index contributed by atoms with van der Waals surface area (Å²) in [6.45, 7) is 10.2. The number of thiophene rings is 1. The fourth-order valence-electron chi connectivity index (χ4n) is 2.81. The van der Waals surface area contributed by atoms with Crippen molar-refractivity contribution in [3.05, 3.63) is 50.7 Å². The molecule has 2 aromatic rings. The van der Waals surface area contributed by atoms with Gasteiger partial charge in [-0.25, -0.2) is 4.79 Å². The van der Waals surface area contributed by atoms with Crippen molar-refractivity contribution >= 4 is 51.8 Å². The summed E-state index contributed by atoms with van der Waals surface area (Å²) in [5.74, 6) is 0.0463. The van der Waals surface area contributed by atoms with E-state index in [4.69, 9.17) is 28.6 Å². The van der Waals surface area contributed by atoms with Crippen LogP contribution in [0.25, 0.3) is 0 Å². The highest BCUT2D eigenvalue weighted by molar-refractivity contribution is 7.81. The van der Waals surface area contributed by atoms with Crippen LogP contribution >= 0.6 is 35.2 Å². The highest BCUT2D eigenvalue weighted by Crippen LogP contribution is 2.25. The fraction of sp³-hybridized carbons (Fsp3) is 0.400. The molecule has 1 aromatic heterocycles. The number of esters is 1. The fourth-order valence-corrected chi connectivity index (χ4v) is 4.11. The molecule has 0 fully saturated rings. The van der Waals surface area contributed by atoms with Crippen molar-refractivity contribution in [2.45, 2.75) is 40.7 Å². The number of benzene rings is 1. The van der Waals surface area contributed by atoms with E-state index in [0.29, 0.717) is 21.3 Å². The van der Waals surface area contributed by atoms with Crippen LogP contribution < -0.4 is 5.32 Å². The maximum Gasteiger partial charge on any atom is 0.340 e. The lowest BCUT2D eigenvalue weighted by molar-refractivity contribution is 0.00326. The smallest absolute Gasteiger partial charge is 0.340 e. The van der Waals surface area contributed by atoms with E-state index in [-0.39, 0.29) is 17.9 Å². The second kappa shape index (κ2) is 8.98. The molecule has 140 valence electrons. The van der Waals surface area contributed by atoms with Gasteiger partial charge < -0.3 is 10.1 Å². The van der Waals surface area contributed by atoms with Crippen LogP contribution in [0, 0.1) is 18.8 Å². The summed E-state index contributed by atoms with van der Waals surface area (Å²) in [7, 11) is 0. The van der Waals surface area contributed by atoms with Crippen molar-refractivity contribution in [3.63, 3.8) is 0 Å². The highest BCUT2D eigenvalue weighted by Gasteiger charge is 2.24. The summed E-state index contributed by atoms with van der Waals surface area (Å²) >= 11 is 13.3. The zero-order valence-corrected chi connectivity index (χ0v) is 18.0. The van der Waals surface area contributed by atoms with Crippen molar-refractivity contribution in [2.24, 2.45) is 11.8 Å². The molecule has 0 saturated heterocycles. The van der Waals surface area contributed by atoms with E-state index in [2.05, 4.69) is 5.32 Å². The van der Waals surface area contributed by atoms with E-state index in [0.717, 1.165) is 10.4 Å². The molecule has 1 aromatic carbocycles. The molecule has 1 heterocycles. The first kappa shape index (κ1) is 20.9. The van der Waals surface area contributed by atoms with E-state index in [1.165, 1.54) is 0 Å². The summed E-state index contributed by atoms with van der Waals surface area (Å²) in [6.07, 6.45) is -0.162. The Bertz CT molecular complexity index is 791. The molecule has 26 heavy (non-hydrogen) atoms. The van der Waals surface area contributed by atoms with Crippen LogP contribution in [0.4, 0.5) is 5.69 Å². The maximum atomic E-state index is 12.6. The molecule has 0 amide bonds. The van der Waals surface area contributed by atoms with Crippen LogP contribution in [0.5, 0.6) is 0 Å². The molecular weight excluding hydrogens is 386 g/mol. The number of rotatable bonds is 6. The molecule has 0 bridgehead atoms. The Morgan fingerprint density at radius 2 is 1.81 bits per heavy atom. The van der Waals surface area contributed by atoms with Gasteiger partial charge in [-0.1, -0.05) is 51.5 Å². The lowest BCUT2D eigenvalue weighted by Crippen LogP contribution is -2.29. The standard InChI is InChI=1S/C20H24ClNO2S2/c1-11(2)18(12(3)4)24-20(23)16-10-14(6-7-17(16)21)22-19(25)15-8-9-26-13(15)5/h6-12,18H,1-5H3,(H,22,25). The predicted molar refractivity (Wildman–Crippen MR) is 115 cm³/mol. The van der Waals surface area contributed by atoms with E-state index in [1.54, 1.807) is 29.5 Å². The minimum absolute atomic E-state index is 0.162. The minimum atomic E-state index is -0.413. The third kappa shape index (κ3) is 5.06. The van der Waals surface area contributed by atoms with Crippen LogP contribution in [0.15, 0.2) is 29.6 Å². The lowest BCUT2D eigenvalue weighted by Gasteiger charge is -2.25. The number of carbonyl (C=O) groups is 1. The number of thiocarbonyl (C=S) groups is 1. The van der Waals surface area contributed by atoms with Gasteiger partial charge in [0.1, 0.15) is 11.1 Å². The Morgan fingerprint density at radius 3 is 2.35 bits per heavy atom.